The summed E-state index contributed by atoms with van der Waals surface area (Å²) in [5.74, 6) is -1.03. The number of hydrogen-bond donors (Lipinski definition) is 1. The first-order valence-electron chi connectivity index (χ1n) is 13.1. The molecule has 3 aromatic rings. The number of anilines is 1. The molecule has 41 heavy (non-hydrogen) atoms. The number of methoxy groups -OCH3 is 2. The number of aryl methyl sites for hydroxylation is 1. The number of halogens is 1. The van der Waals surface area contributed by atoms with E-state index < -0.39 is 34.3 Å². The molecule has 0 bridgehead atoms. The van der Waals surface area contributed by atoms with Crippen molar-refractivity contribution in [3.63, 3.8) is 0 Å². The summed E-state index contributed by atoms with van der Waals surface area (Å²) < 4.78 is 53.2. The molecule has 1 atom stereocenters. The lowest BCUT2D eigenvalue weighted by molar-refractivity contribution is -0.139. The minimum Gasteiger partial charge on any atom is -0.493 e. The third-order valence-electron chi connectivity index (χ3n) is 6.49. The fraction of sp³-hybridized carbons (Fsp3) is 0.333. The number of carbonyl (C=O) groups excluding carboxylic acids is 2. The maximum atomic E-state index is 14.0. The van der Waals surface area contributed by atoms with Crippen molar-refractivity contribution in [3.8, 4) is 11.5 Å². The molecule has 0 saturated heterocycles. The monoisotopic (exact) mass is 585 g/mol. The van der Waals surface area contributed by atoms with E-state index in [-0.39, 0.29) is 28.8 Å². The average molecular weight is 586 g/mol. The van der Waals surface area contributed by atoms with Gasteiger partial charge in [-0.3, -0.25) is 13.9 Å². The van der Waals surface area contributed by atoms with Gasteiger partial charge >= 0.3 is 0 Å². The molecule has 0 spiro atoms. The Balaban J connectivity index is 2.06. The first-order valence-corrected chi connectivity index (χ1v) is 14.6. The van der Waals surface area contributed by atoms with Gasteiger partial charge in [-0.15, -0.1) is 0 Å². The van der Waals surface area contributed by atoms with E-state index in [9.17, 15) is 22.4 Å². The van der Waals surface area contributed by atoms with Crippen LogP contribution in [0, 0.1) is 12.7 Å². The SMILES string of the molecule is CCCNC(=O)[C@@H](C)N(Cc1cccc(C)c1)C(=O)CN(c1ccc(F)cc1)S(=O)(=O)c1ccc(OC)c(OC)c1. The van der Waals surface area contributed by atoms with E-state index in [4.69, 9.17) is 9.47 Å². The molecule has 0 aliphatic rings. The number of sulfonamides is 1. The molecule has 1 N–H and O–H groups in total. The molecular formula is C30H36FN3O6S. The Morgan fingerprint density at radius 1 is 0.976 bits per heavy atom. The molecule has 0 radical (unpaired) electrons. The van der Waals surface area contributed by atoms with Crippen LogP contribution in [0.25, 0.3) is 0 Å². The maximum Gasteiger partial charge on any atom is 0.264 e. The third-order valence-corrected chi connectivity index (χ3v) is 8.26. The fourth-order valence-corrected chi connectivity index (χ4v) is 5.66. The highest BCUT2D eigenvalue weighted by Gasteiger charge is 2.33. The number of nitrogens with zero attached hydrogens (tertiary/aromatic N) is 2. The van der Waals surface area contributed by atoms with Gasteiger partial charge in [0.2, 0.25) is 11.8 Å². The molecule has 3 aromatic carbocycles. The van der Waals surface area contributed by atoms with Gasteiger partial charge in [0.1, 0.15) is 18.4 Å². The van der Waals surface area contributed by atoms with Gasteiger partial charge in [0.05, 0.1) is 24.8 Å². The summed E-state index contributed by atoms with van der Waals surface area (Å²) in [6, 6.07) is 15.5. The van der Waals surface area contributed by atoms with Gasteiger partial charge in [0.15, 0.2) is 11.5 Å². The molecule has 0 aliphatic carbocycles. The molecule has 2 amide bonds. The normalized spacial score (nSPS) is 11.9. The Hall–Kier alpha value is -4.12. The Labute approximate surface area is 240 Å². The van der Waals surface area contributed by atoms with Crippen molar-refractivity contribution in [2.24, 2.45) is 0 Å². The fourth-order valence-electron chi connectivity index (χ4n) is 4.23. The van der Waals surface area contributed by atoms with Crippen LogP contribution < -0.4 is 19.1 Å². The number of rotatable bonds is 13. The molecule has 220 valence electrons. The summed E-state index contributed by atoms with van der Waals surface area (Å²) in [4.78, 5) is 28.1. The lowest BCUT2D eigenvalue weighted by Gasteiger charge is -2.32. The van der Waals surface area contributed by atoms with E-state index in [1.165, 1.54) is 49.5 Å². The molecule has 0 aliphatic heterocycles. The van der Waals surface area contributed by atoms with Crippen LogP contribution in [0.15, 0.2) is 71.6 Å². The summed E-state index contributed by atoms with van der Waals surface area (Å²) in [6.45, 7) is 5.31. The molecule has 0 heterocycles. The van der Waals surface area contributed by atoms with Gasteiger partial charge in [-0.2, -0.15) is 0 Å². The van der Waals surface area contributed by atoms with Crippen LogP contribution >= 0.6 is 0 Å². The zero-order valence-electron chi connectivity index (χ0n) is 23.9. The predicted octanol–water partition coefficient (Wildman–Crippen LogP) is 4.29. The van der Waals surface area contributed by atoms with Crippen LogP contribution in [0.1, 0.15) is 31.4 Å². The van der Waals surface area contributed by atoms with Gasteiger partial charge in [-0.1, -0.05) is 36.8 Å². The van der Waals surface area contributed by atoms with Crippen LogP contribution in [-0.4, -0.2) is 58.5 Å². The van der Waals surface area contributed by atoms with Crippen LogP contribution in [0.4, 0.5) is 10.1 Å². The van der Waals surface area contributed by atoms with Gasteiger partial charge in [0, 0.05) is 19.2 Å². The first kappa shape index (κ1) is 31.4. The van der Waals surface area contributed by atoms with E-state index in [1.54, 1.807) is 6.92 Å². The topological polar surface area (TPSA) is 105 Å². The molecular weight excluding hydrogens is 549 g/mol. The Morgan fingerprint density at radius 3 is 2.27 bits per heavy atom. The van der Waals surface area contributed by atoms with E-state index in [2.05, 4.69) is 5.32 Å². The standard InChI is InChI=1S/C30H36FN3O6S/c1-6-16-32-30(36)22(3)33(19-23-9-7-8-21(2)17-23)29(35)20-34(25-12-10-24(31)11-13-25)41(37,38)26-14-15-27(39-4)28(18-26)40-5/h7-15,17-18,22H,6,16,19-20H2,1-5H3,(H,32,36)/t22-/m1/s1. The largest absolute Gasteiger partial charge is 0.493 e. The Morgan fingerprint density at radius 2 is 1.66 bits per heavy atom. The molecule has 0 saturated carbocycles. The summed E-state index contributed by atoms with van der Waals surface area (Å²) in [5, 5.41) is 2.80. The average Bonchev–Trinajstić information content (AvgIpc) is 2.97. The first-order chi connectivity index (χ1) is 19.5. The van der Waals surface area contributed by atoms with Crippen LogP contribution in [0.3, 0.4) is 0 Å². The quantitative estimate of drug-likeness (QED) is 0.321. The number of carbonyl (C=O) groups is 2. The summed E-state index contributed by atoms with van der Waals surface area (Å²) in [5.41, 5.74) is 1.83. The maximum absolute atomic E-state index is 14.0. The number of ether oxygens (including phenoxy) is 2. The molecule has 11 heteroatoms. The van der Waals surface area contributed by atoms with E-state index >= 15 is 0 Å². The van der Waals surface area contributed by atoms with Crippen LogP contribution in [0.2, 0.25) is 0 Å². The van der Waals surface area contributed by atoms with Crippen molar-refractivity contribution < 1.29 is 31.9 Å². The third kappa shape index (κ3) is 7.75. The molecule has 0 fully saturated rings. The van der Waals surface area contributed by atoms with Crippen molar-refractivity contribution in [1.29, 1.82) is 0 Å². The number of amides is 2. The van der Waals surface area contributed by atoms with Crippen molar-refractivity contribution in [1.82, 2.24) is 10.2 Å². The second-order valence-corrected chi connectivity index (χ2v) is 11.3. The Bertz CT molecular complexity index is 1460. The highest BCUT2D eigenvalue weighted by molar-refractivity contribution is 7.92. The summed E-state index contributed by atoms with van der Waals surface area (Å²) in [7, 11) is -1.56. The Kier molecular flexibility index (Phi) is 10.7. The van der Waals surface area contributed by atoms with Crippen molar-refractivity contribution in [3.05, 3.63) is 83.7 Å². The van der Waals surface area contributed by atoms with Crippen LogP contribution in [0.5, 0.6) is 11.5 Å². The predicted molar refractivity (Wildman–Crippen MR) is 155 cm³/mol. The van der Waals surface area contributed by atoms with Gasteiger partial charge in [-0.05, 0) is 62.2 Å². The summed E-state index contributed by atoms with van der Waals surface area (Å²) in [6.07, 6.45) is 0.714. The van der Waals surface area contributed by atoms with Crippen molar-refractivity contribution >= 4 is 27.5 Å². The molecule has 9 nitrogen and oxygen atoms in total. The lowest BCUT2D eigenvalue weighted by atomic mass is 10.1. The van der Waals surface area contributed by atoms with Gasteiger partial charge in [0.25, 0.3) is 10.0 Å². The highest BCUT2D eigenvalue weighted by Crippen LogP contribution is 2.32. The van der Waals surface area contributed by atoms with Crippen molar-refractivity contribution in [2.45, 2.75) is 44.7 Å². The lowest BCUT2D eigenvalue weighted by Crippen LogP contribution is -2.51. The van der Waals surface area contributed by atoms with Crippen LogP contribution in [-0.2, 0) is 26.2 Å². The smallest absolute Gasteiger partial charge is 0.264 e. The number of hydrogen-bond acceptors (Lipinski definition) is 6. The number of nitrogens with one attached hydrogen (secondary N) is 1. The van der Waals surface area contributed by atoms with Gasteiger partial charge in [-0.25, -0.2) is 12.8 Å². The summed E-state index contributed by atoms with van der Waals surface area (Å²) >= 11 is 0. The van der Waals surface area contributed by atoms with E-state index in [1.807, 2.05) is 38.1 Å². The molecule has 0 aromatic heterocycles. The minimum absolute atomic E-state index is 0.0770. The minimum atomic E-state index is -4.37. The zero-order valence-corrected chi connectivity index (χ0v) is 24.7. The van der Waals surface area contributed by atoms with Gasteiger partial charge < -0.3 is 19.7 Å². The highest BCUT2D eigenvalue weighted by atomic mass is 32.2. The van der Waals surface area contributed by atoms with E-state index in [0.717, 1.165) is 27.6 Å². The van der Waals surface area contributed by atoms with E-state index in [0.29, 0.717) is 18.7 Å². The second-order valence-electron chi connectivity index (χ2n) is 9.48. The zero-order chi connectivity index (χ0) is 30.2. The number of benzene rings is 3. The molecule has 0 unspecified atom stereocenters. The molecule has 3 rings (SSSR count). The second kappa shape index (κ2) is 14.0. The van der Waals surface area contributed by atoms with Crippen molar-refractivity contribution in [2.75, 3.05) is 31.6 Å².